The van der Waals surface area contributed by atoms with E-state index in [9.17, 15) is 9.59 Å². The van der Waals surface area contributed by atoms with Crippen LogP contribution < -0.4 is 5.32 Å². The van der Waals surface area contributed by atoms with Crippen LogP contribution in [0.15, 0.2) is 17.5 Å². The topological polar surface area (TPSA) is 49.4 Å². The van der Waals surface area contributed by atoms with Crippen molar-refractivity contribution in [3.63, 3.8) is 0 Å². The summed E-state index contributed by atoms with van der Waals surface area (Å²) in [5.41, 5.74) is 0. The van der Waals surface area contributed by atoms with Crippen LogP contribution in [-0.2, 0) is 9.59 Å². The van der Waals surface area contributed by atoms with E-state index in [0.717, 1.165) is 4.88 Å². The first-order valence-electron chi connectivity index (χ1n) is 6.16. The van der Waals surface area contributed by atoms with Crippen LogP contribution in [-0.4, -0.2) is 29.8 Å². The van der Waals surface area contributed by atoms with Gasteiger partial charge in [0, 0.05) is 24.9 Å². The molecule has 0 fully saturated rings. The number of thiophene rings is 1. The molecule has 0 saturated heterocycles. The van der Waals surface area contributed by atoms with Gasteiger partial charge in [0.2, 0.25) is 11.8 Å². The highest BCUT2D eigenvalue weighted by molar-refractivity contribution is 7.10. The highest BCUT2D eigenvalue weighted by atomic mass is 32.1. The minimum absolute atomic E-state index is 0.0761. The molecule has 1 aromatic rings. The molecule has 1 rings (SSSR count). The molecule has 0 aromatic carbocycles. The van der Waals surface area contributed by atoms with Gasteiger partial charge in [0.1, 0.15) is 0 Å². The zero-order valence-electron chi connectivity index (χ0n) is 11.1. The molecular weight excluding hydrogens is 248 g/mol. The van der Waals surface area contributed by atoms with Gasteiger partial charge in [-0.3, -0.25) is 9.59 Å². The maximum absolute atomic E-state index is 12.1. The van der Waals surface area contributed by atoms with Crippen molar-refractivity contribution in [2.45, 2.75) is 33.2 Å². The summed E-state index contributed by atoms with van der Waals surface area (Å²) >= 11 is 1.56. The predicted molar refractivity (Wildman–Crippen MR) is 73.4 cm³/mol. The molecule has 2 amide bonds. The van der Waals surface area contributed by atoms with Gasteiger partial charge >= 0.3 is 0 Å². The van der Waals surface area contributed by atoms with E-state index in [1.807, 2.05) is 31.4 Å². The third-order valence-electron chi connectivity index (χ3n) is 2.76. The standard InChI is InChI=1S/C13H20N2O2S/c1-4-15(5-2)13(17)9-11(14-10(3)16)12-7-6-8-18-12/h6-8,11H,4-5,9H2,1-3H3,(H,14,16). The van der Waals surface area contributed by atoms with E-state index in [1.54, 1.807) is 16.2 Å². The van der Waals surface area contributed by atoms with Crippen molar-refractivity contribution < 1.29 is 9.59 Å². The number of hydrogen-bond acceptors (Lipinski definition) is 3. The van der Waals surface area contributed by atoms with Crippen molar-refractivity contribution in [2.24, 2.45) is 0 Å². The summed E-state index contributed by atoms with van der Waals surface area (Å²) in [7, 11) is 0. The summed E-state index contributed by atoms with van der Waals surface area (Å²) in [5, 5.41) is 4.79. The zero-order valence-corrected chi connectivity index (χ0v) is 11.9. The van der Waals surface area contributed by atoms with Crippen LogP contribution in [0.25, 0.3) is 0 Å². The lowest BCUT2D eigenvalue weighted by atomic mass is 10.1. The molecule has 100 valence electrons. The molecule has 1 unspecified atom stereocenters. The smallest absolute Gasteiger partial charge is 0.224 e. The fourth-order valence-electron chi connectivity index (χ4n) is 1.84. The minimum Gasteiger partial charge on any atom is -0.348 e. The lowest BCUT2D eigenvalue weighted by Gasteiger charge is -2.22. The van der Waals surface area contributed by atoms with Gasteiger partial charge in [0.25, 0.3) is 0 Å². The summed E-state index contributed by atoms with van der Waals surface area (Å²) in [6.45, 7) is 6.79. The van der Waals surface area contributed by atoms with Crippen LogP contribution in [0.4, 0.5) is 0 Å². The van der Waals surface area contributed by atoms with Gasteiger partial charge in [-0.1, -0.05) is 6.07 Å². The fourth-order valence-corrected chi connectivity index (χ4v) is 2.62. The molecule has 1 N–H and O–H groups in total. The van der Waals surface area contributed by atoms with E-state index < -0.39 is 0 Å². The summed E-state index contributed by atoms with van der Waals surface area (Å²) in [5.74, 6) is -0.0344. The molecule has 0 radical (unpaired) electrons. The van der Waals surface area contributed by atoms with Gasteiger partial charge in [-0.25, -0.2) is 0 Å². The predicted octanol–water partition coefficient (Wildman–Crippen LogP) is 2.18. The minimum atomic E-state index is -0.212. The number of nitrogens with zero attached hydrogens (tertiary/aromatic N) is 1. The van der Waals surface area contributed by atoms with E-state index in [0.29, 0.717) is 19.5 Å². The second-order valence-corrected chi connectivity index (χ2v) is 5.02. The van der Waals surface area contributed by atoms with Crippen LogP contribution in [0.1, 0.15) is 38.1 Å². The number of amides is 2. The molecule has 0 aliphatic heterocycles. The highest BCUT2D eigenvalue weighted by Crippen LogP contribution is 2.22. The Bertz CT molecular complexity index is 386. The average molecular weight is 268 g/mol. The fraction of sp³-hybridized carbons (Fsp3) is 0.538. The van der Waals surface area contributed by atoms with Crippen molar-refractivity contribution in [3.05, 3.63) is 22.4 Å². The average Bonchev–Trinajstić information content (AvgIpc) is 2.82. The molecule has 0 aliphatic rings. The third kappa shape index (κ3) is 4.14. The van der Waals surface area contributed by atoms with Crippen molar-refractivity contribution in [3.8, 4) is 0 Å². The number of rotatable bonds is 6. The number of nitrogens with one attached hydrogen (secondary N) is 1. The first kappa shape index (κ1) is 14.7. The monoisotopic (exact) mass is 268 g/mol. The highest BCUT2D eigenvalue weighted by Gasteiger charge is 2.20. The van der Waals surface area contributed by atoms with Crippen LogP contribution >= 0.6 is 11.3 Å². The molecule has 0 saturated carbocycles. The first-order chi connectivity index (χ1) is 8.58. The lowest BCUT2D eigenvalue weighted by Crippen LogP contribution is -2.35. The number of hydrogen-bond donors (Lipinski definition) is 1. The molecule has 1 aromatic heterocycles. The Balaban J connectivity index is 2.73. The Morgan fingerprint density at radius 2 is 2.06 bits per heavy atom. The molecular formula is C13H20N2O2S. The maximum Gasteiger partial charge on any atom is 0.224 e. The normalized spacial score (nSPS) is 11.9. The SMILES string of the molecule is CCN(CC)C(=O)CC(NC(C)=O)c1cccs1. The Hall–Kier alpha value is -1.36. The number of carbonyl (C=O) groups is 2. The van der Waals surface area contributed by atoms with E-state index in [4.69, 9.17) is 0 Å². The Labute approximate surface area is 112 Å². The molecule has 1 heterocycles. The van der Waals surface area contributed by atoms with E-state index in [2.05, 4.69) is 5.32 Å². The van der Waals surface area contributed by atoms with Gasteiger partial charge in [0.05, 0.1) is 12.5 Å². The summed E-state index contributed by atoms with van der Waals surface area (Å²) < 4.78 is 0. The van der Waals surface area contributed by atoms with E-state index in [1.165, 1.54) is 6.92 Å². The third-order valence-corrected chi connectivity index (χ3v) is 3.74. The largest absolute Gasteiger partial charge is 0.348 e. The zero-order chi connectivity index (χ0) is 13.5. The quantitative estimate of drug-likeness (QED) is 0.859. The van der Waals surface area contributed by atoms with Gasteiger partial charge in [0.15, 0.2) is 0 Å². The summed E-state index contributed by atoms with van der Waals surface area (Å²) in [4.78, 5) is 26.1. The first-order valence-corrected chi connectivity index (χ1v) is 7.04. The second-order valence-electron chi connectivity index (χ2n) is 4.04. The summed E-state index contributed by atoms with van der Waals surface area (Å²) in [6.07, 6.45) is 0.321. The van der Waals surface area contributed by atoms with Gasteiger partial charge < -0.3 is 10.2 Å². The molecule has 4 nitrogen and oxygen atoms in total. The molecule has 0 bridgehead atoms. The number of carbonyl (C=O) groups excluding carboxylic acids is 2. The van der Waals surface area contributed by atoms with Crippen molar-refractivity contribution >= 4 is 23.2 Å². The van der Waals surface area contributed by atoms with Crippen LogP contribution in [0.3, 0.4) is 0 Å². The molecule has 0 spiro atoms. The second kappa shape index (κ2) is 7.16. The van der Waals surface area contributed by atoms with Crippen LogP contribution in [0.2, 0.25) is 0 Å². The Kier molecular flexibility index (Phi) is 5.85. The lowest BCUT2D eigenvalue weighted by molar-refractivity contribution is -0.131. The van der Waals surface area contributed by atoms with Gasteiger partial charge in [-0.15, -0.1) is 11.3 Å². The van der Waals surface area contributed by atoms with Crippen LogP contribution in [0.5, 0.6) is 0 Å². The van der Waals surface area contributed by atoms with E-state index >= 15 is 0 Å². The van der Waals surface area contributed by atoms with Crippen LogP contribution in [0, 0.1) is 0 Å². The van der Waals surface area contributed by atoms with Crippen molar-refractivity contribution in [2.75, 3.05) is 13.1 Å². The van der Waals surface area contributed by atoms with E-state index in [-0.39, 0.29) is 17.9 Å². The Morgan fingerprint density at radius 1 is 1.39 bits per heavy atom. The van der Waals surface area contributed by atoms with Gasteiger partial charge in [-0.2, -0.15) is 0 Å². The molecule has 0 aliphatic carbocycles. The van der Waals surface area contributed by atoms with Crippen molar-refractivity contribution in [1.29, 1.82) is 0 Å². The molecule has 5 heteroatoms. The molecule has 18 heavy (non-hydrogen) atoms. The Morgan fingerprint density at radius 3 is 2.50 bits per heavy atom. The van der Waals surface area contributed by atoms with Gasteiger partial charge in [-0.05, 0) is 25.3 Å². The molecule has 1 atom stereocenters. The maximum atomic E-state index is 12.1. The summed E-state index contributed by atoms with van der Waals surface area (Å²) in [6, 6.07) is 3.66. The van der Waals surface area contributed by atoms with Crippen molar-refractivity contribution in [1.82, 2.24) is 10.2 Å².